The molecular weight excluding hydrogens is 266 g/mol. The maximum Gasteiger partial charge on any atom is 0.0897 e. The number of benzene rings is 1. The van der Waals surface area contributed by atoms with Crippen LogP contribution in [0, 0.1) is 0 Å². The molecule has 0 spiro atoms. The summed E-state index contributed by atoms with van der Waals surface area (Å²) < 4.78 is 10.8. The topological polar surface area (TPSA) is 50.7 Å². The second-order valence-electron chi connectivity index (χ2n) is 5.13. The molecule has 4 nitrogen and oxygen atoms in total. The third kappa shape index (κ3) is 10.4. The fourth-order valence-corrected chi connectivity index (χ4v) is 1.89. The van der Waals surface area contributed by atoms with E-state index in [1.165, 1.54) is 5.56 Å². The molecule has 1 atom stereocenters. The summed E-state index contributed by atoms with van der Waals surface area (Å²) in [5.74, 6) is 0. The third-order valence-corrected chi connectivity index (χ3v) is 3.14. The first-order valence-corrected chi connectivity index (χ1v) is 7.91. The van der Waals surface area contributed by atoms with Crippen LogP contribution in [-0.4, -0.2) is 50.7 Å². The number of nitrogens with one attached hydrogen (secondary N) is 1. The Bertz CT molecular complexity index is 332. The Morgan fingerprint density at radius 1 is 1.10 bits per heavy atom. The maximum atomic E-state index is 9.76. The van der Waals surface area contributed by atoms with E-state index in [9.17, 15) is 5.11 Å². The molecule has 0 radical (unpaired) electrons. The summed E-state index contributed by atoms with van der Waals surface area (Å²) in [5.41, 5.74) is 1.31. The molecule has 0 amide bonds. The molecule has 120 valence electrons. The fraction of sp³-hybridized carbons (Fsp3) is 0.647. The van der Waals surface area contributed by atoms with Crippen molar-refractivity contribution in [3.05, 3.63) is 35.9 Å². The molecule has 4 heteroatoms. The summed E-state index contributed by atoms with van der Waals surface area (Å²) in [7, 11) is 0. The van der Waals surface area contributed by atoms with Crippen molar-refractivity contribution < 1.29 is 14.6 Å². The van der Waals surface area contributed by atoms with Gasteiger partial charge in [0.15, 0.2) is 0 Å². The Kier molecular flexibility index (Phi) is 11.0. The number of hydrogen-bond donors (Lipinski definition) is 2. The second-order valence-corrected chi connectivity index (χ2v) is 5.13. The van der Waals surface area contributed by atoms with Crippen molar-refractivity contribution in [3.8, 4) is 0 Å². The lowest BCUT2D eigenvalue weighted by atomic mass is 10.1. The average Bonchev–Trinajstić information content (AvgIpc) is 2.52. The molecule has 0 aromatic heterocycles. The minimum atomic E-state index is -0.462. The van der Waals surface area contributed by atoms with E-state index < -0.39 is 6.10 Å². The number of unbranched alkanes of at least 4 members (excludes halogenated alkanes) is 1. The number of rotatable bonds is 13. The Labute approximate surface area is 128 Å². The molecule has 0 fully saturated rings. The van der Waals surface area contributed by atoms with Crippen LogP contribution >= 0.6 is 0 Å². The van der Waals surface area contributed by atoms with Crippen LogP contribution in [-0.2, 0) is 15.9 Å². The van der Waals surface area contributed by atoms with Gasteiger partial charge in [-0.05, 0) is 24.9 Å². The third-order valence-electron chi connectivity index (χ3n) is 3.14. The summed E-state index contributed by atoms with van der Waals surface area (Å²) >= 11 is 0. The first-order valence-electron chi connectivity index (χ1n) is 7.91. The molecule has 1 aromatic carbocycles. The molecule has 0 saturated carbocycles. The normalized spacial score (nSPS) is 12.5. The second kappa shape index (κ2) is 12.8. The summed E-state index contributed by atoms with van der Waals surface area (Å²) in [6.07, 6.45) is 2.75. The van der Waals surface area contributed by atoms with E-state index in [4.69, 9.17) is 9.47 Å². The van der Waals surface area contributed by atoms with Crippen LogP contribution in [0.5, 0.6) is 0 Å². The summed E-state index contributed by atoms with van der Waals surface area (Å²) in [6.45, 7) is 5.86. The Morgan fingerprint density at radius 2 is 1.86 bits per heavy atom. The van der Waals surface area contributed by atoms with Crippen LogP contribution in [0.1, 0.15) is 25.3 Å². The van der Waals surface area contributed by atoms with Crippen LogP contribution in [0.15, 0.2) is 30.3 Å². The van der Waals surface area contributed by atoms with Gasteiger partial charge in [-0.25, -0.2) is 0 Å². The molecule has 1 rings (SSSR count). The van der Waals surface area contributed by atoms with Gasteiger partial charge in [0.2, 0.25) is 0 Å². The minimum Gasteiger partial charge on any atom is -0.389 e. The molecule has 0 aliphatic heterocycles. The van der Waals surface area contributed by atoms with Crippen molar-refractivity contribution in [2.24, 2.45) is 0 Å². The largest absolute Gasteiger partial charge is 0.389 e. The van der Waals surface area contributed by atoms with Crippen LogP contribution in [0.4, 0.5) is 0 Å². The Morgan fingerprint density at radius 3 is 2.62 bits per heavy atom. The van der Waals surface area contributed by atoms with Crippen LogP contribution in [0.3, 0.4) is 0 Å². The van der Waals surface area contributed by atoms with E-state index in [-0.39, 0.29) is 0 Å². The molecule has 0 saturated heterocycles. The number of aliphatic hydroxyl groups is 1. The highest BCUT2D eigenvalue weighted by Crippen LogP contribution is 1.98. The summed E-state index contributed by atoms with van der Waals surface area (Å²) in [5, 5.41) is 13.0. The van der Waals surface area contributed by atoms with Gasteiger partial charge < -0.3 is 19.9 Å². The predicted molar refractivity (Wildman–Crippen MR) is 85.6 cm³/mol. The van der Waals surface area contributed by atoms with E-state index in [0.717, 1.165) is 32.4 Å². The van der Waals surface area contributed by atoms with Crippen molar-refractivity contribution in [3.63, 3.8) is 0 Å². The lowest BCUT2D eigenvalue weighted by Gasteiger charge is -2.12. The zero-order chi connectivity index (χ0) is 15.2. The van der Waals surface area contributed by atoms with Crippen molar-refractivity contribution in [2.45, 2.75) is 32.3 Å². The van der Waals surface area contributed by atoms with Gasteiger partial charge >= 0.3 is 0 Å². The van der Waals surface area contributed by atoms with E-state index in [0.29, 0.717) is 26.4 Å². The molecule has 0 aliphatic carbocycles. The first kappa shape index (κ1) is 18.1. The number of aliphatic hydroxyl groups excluding tert-OH is 1. The van der Waals surface area contributed by atoms with Gasteiger partial charge in [-0.15, -0.1) is 0 Å². The average molecular weight is 295 g/mol. The van der Waals surface area contributed by atoms with E-state index in [1.807, 2.05) is 18.2 Å². The predicted octanol–water partition coefficient (Wildman–Crippen LogP) is 2.01. The molecular formula is C17H29NO3. The fourth-order valence-electron chi connectivity index (χ4n) is 1.89. The summed E-state index contributed by atoms with van der Waals surface area (Å²) in [6, 6.07) is 10.3. The molecule has 0 aliphatic rings. The van der Waals surface area contributed by atoms with E-state index >= 15 is 0 Å². The minimum absolute atomic E-state index is 0.357. The Balaban J connectivity index is 1.88. The summed E-state index contributed by atoms with van der Waals surface area (Å²) in [4.78, 5) is 0. The first-order chi connectivity index (χ1) is 10.3. The molecule has 0 heterocycles. The van der Waals surface area contributed by atoms with E-state index in [2.05, 4.69) is 24.4 Å². The molecule has 1 aromatic rings. The monoisotopic (exact) mass is 295 g/mol. The van der Waals surface area contributed by atoms with Crippen molar-refractivity contribution in [1.82, 2.24) is 5.32 Å². The van der Waals surface area contributed by atoms with Crippen molar-refractivity contribution in [2.75, 3.05) is 39.5 Å². The SMILES string of the molecule is CCCCOCCOCC(O)CNCCc1ccccc1. The molecule has 0 bridgehead atoms. The highest BCUT2D eigenvalue weighted by Gasteiger charge is 2.03. The molecule has 21 heavy (non-hydrogen) atoms. The lowest BCUT2D eigenvalue weighted by molar-refractivity contribution is 0.00401. The zero-order valence-corrected chi connectivity index (χ0v) is 13.1. The van der Waals surface area contributed by atoms with Gasteiger partial charge in [0.1, 0.15) is 0 Å². The zero-order valence-electron chi connectivity index (χ0n) is 13.1. The number of ether oxygens (including phenoxy) is 2. The van der Waals surface area contributed by atoms with Gasteiger partial charge in [0.05, 0.1) is 25.9 Å². The quantitative estimate of drug-likeness (QED) is 0.547. The van der Waals surface area contributed by atoms with Gasteiger partial charge in [-0.3, -0.25) is 0 Å². The smallest absolute Gasteiger partial charge is 0.0897 e. The van der Waals surface area contributed by atoms with Crippen molar-refractivity contribution >= 4 is 0 Å². The Hall–Kier alpha value is -0.940. The highest BCUT2D eigenvalue weighted by atomic mass is 16.5. The van der Waals surface area contributed by atoms with Crippen molar-refractivity contribution in [1.29, 1.82) is 0 Å². The van der Waals surface area contributed by atoms with Gasteiger partial charge in [0.25, 0.3) is 0 Å². The van der Waals surface area contributed by atoms with Gasteiger partial charge in [-0.1, -0.05) is 43.7 Å². The molecule has 1 unspecified atom stereocenters. The maximum absolute atomic E-state index is 9.76. The van der Waals surface area contributed by atoms with Gasteiger partial charge in [0, 0.05) is 13.2 Å². The van der Waals surface area contributed by atoms with Crippen LogP contribution in [0.2, 0.25) is 0 Å². The van der Waals surface area contributed by atoms with Crippen LogP contribution in [0.25, 0.3) is 0 Å². The lowest BCUT2D eigenvalue weighted by Crippen LogP contribution is -2.32. The number of hydrogen-bond acceptors (Lipinski definition) is 4. The van der Waals surface area contributed by atoms with E-state index in [1.54, 1.807) is 0 Å². The molecule has 2 N–H and O–H groups in total. The van der Waals surface area contributed by atoms with Crippen LogP contribution < -0.4 is 5.32 Å². The highest BCUT2D eigenvalue weighted by molar-refractivity contribution is 5.14. The van der Waals surface area contributed by atoms with Gasteiger partial charge in [-0.2, -0.15) is 0 Å². The standard InChI is InChI=1S/C17H29NO3/c1-2-3-11-20-12-13-21-15-17(19)14-18-10-9-16-7-5-4-6-8-16/h4-8,17-19H,2-3,9-15H2,1H3.